The number of fused-ring (bicyclic) bond motifs is 2. The van der Waals surface area contributed by atoms with Crippen molar-refractivity contribution in [3.63, 3.8) is 0 Å². The van der Waals surface area contributed by atoms with Gasteiger partial charge < -0.3 is 20.1 Å². The van der Waals surface area contributed by atoms with Crippen LogP contribution >= 0.6 is 11.3 Å². The smallest absolute Gasteiger partial charge is 0.341 e. The Morgan fingerprint density at radius 2 is 2.07 bits per heavy atom. The maximum atomic E-state index is 12.9. The van der Waals surface area contributed by atoms with Crippen LogP contribution in [0.25, 0.3) is 21.3 Å². The molecule has 0 unspecified atom stereocenters. The second kappa shape index (κ2) is 6.68. The van der Waals surface area contributed by atoms with Gasteiger partial charge in [-0.1, -0.05) is 13.8 Å². The van der Waals surface area contributed by atoms with Crippen LogP contribution in [-0.4, -0.2) is 29.7 Å². The summed E-state index contributed by atoms with van der Waals surface area (Å²) in [6, 6.07) is 4.13. The van der Waals surface area contributed by atoms with E-state index in [0.717, 1.165) is 41.9 Å². The molecular formula is C23H24N2O4S. The molecule has 0 radical (unpaired) electrons. The number of aromatic carboxylic acids is 1. The number of thiophene rings is 1. The van der Waals surface area contributed by atoms with Crippen LogP contribution in [0.15, 0.2) is 23.1 Å². The third-order valence-corrected chi connectivity index (χ3v) is 7.73. The third-order valence-electron chi connectivity index (χ3n) is 6.17. The highest BCUT2D eigenvalue weighted by Crippen LogP contribution is 2.52. The molecule has 156 valence electrons. The average Bonchev–Trinajstić information content (AvgIpc) is 3.45. The molecule has 0 atom stereocenters. The monoisotopic (exact) mass is 424 g/mol. The Balaban J connectivity index is 1.82. The molecule has 2 aliphatic rings. The zero-order valence-corrected chi connectivity index (χ0v) is 18.0. The number of hydrogen-bond donors (Lipinski definition) is 3. The van der Waals surface area contributed by atoms with Crippen molar-refractivity contribution < 1.29 is 14.6 Å². The number of benzene rings is 1. The maximum Gasteiger partial charge on any atom is 0.341 e. The number of hydrogen-bond acceptors (Lipinski definition) is 5. The van der Waals surface area contributed by atoms with Gasteiger partial charge in [-0.2, -0.15) is 0 Å². The topological polar surface area (TPSA) is 91.4 Å². The molecule has 0 amide bonds. The van der Waals surface area contributed by atoms with Crippen molar-refractivity contribution in [1.82, 2.24) is 10.3 Å². The molecule has 1 aliphatic carbocycles. The van der Waals surface area contributed by atoms with Crippen molar-refractivity contribution in [2.75, 3.05) is 13.7 Å². The van der Waals surface area contributed by atoms with Gasteiger partial charge in [0.2, 0.25) is 5.43 Å². The van der Waals surface area contributed by atoms with E-state index in [-0.39, 0.29) is 11.0 Å². The fourth-order valence-electron chi connectivity index (χ4n) is 4.54. The first-order chi connectivity index (χ1) is 14.3. The first-order valence-electron chi connectivity index (χ1n) is 10.2. The minimum atomic E-state index is -1.23. The molecule has 5 rings (SSSR count). The quantitative estimate of drug-likeness (QED) is 0.583. The van der Waals surface area contributed by atoms with Crippen LogP contribution in [-0.2, 0) is 12.0 Å². The molecule has 2 aromatic heterocycles. The Labute approximate surface area is 177 Å². The van der Waals surface area contributed by atoms with E-state index < -0.39 is 11.4 Å². The minimum absolute atomic E-state index is 0.0605. The SMILES string of the molecule is COc1c(-c2cc3c(s2)C(C)(C)CNC3)c(C2CC2)cc2c(=O)c(C(=O)O)c[nH]c12. The van der Waals surface area contributed by atoms with Gasteiger partial charge in [0.25, 0.3) is 0 Å². The van der Waals surface area contributed by atoms with Gasteiger partial charge in [0.05, 0.1) is 18.0 Å². The van der Waals surface area contributed by atoms with E-state index in [1.165, 1.54) is 16.6 Å². The standard InChI is InChI=1S/C23H24N2O4S/c1-23(2)10-24-8-12-6-16(30-21(12)23)17-13(11-4-5-11)7-14-18(20(17)29-3)25-9-15(19(14)26)22(27)28/h6-7,9,11,24H,4-5,8,10H2,1-3H3,(H,25,26)(H,27,28). The number of methoxy groups -OCH3 is 1. The fraction of sp³-hybridized carbons (Fsp3) is 0.391. The zero-order valence-electron chi connectivity index (χ0n) is 17.2. The van der Waals surface area contributed by atoms with Gasteiger partial charge in [-0.3, -0.25) is 4.79 Å². The van der Waals surface area contributed by atoms with E-state index in [4.69, 9.17) is 4.74 Å². The van der Waals surface area contributed by atoms with Crippen LogP contribution in [0.5, 0.6) is 5.75 Å². The number of ether oxygens (including phenoxy) is 1. The summed E-state index contributed by atoms with van der Waals surface area (Å²) in [4.78, 5) is 29.9. The van der Waals surface area contributed by atoms with E-state index in [9.17, 15) is 14.7 Å². The zero-order chi connectivity index (χ0) is 21.2. The summed E-state index contributed by atoms with van der Waals surface area (Å²) in [6.45, 7) is 6.30. The number of carboxylic acid groups (broad SMARTS) is 1. The van der Waals surface area contributed by atoms with Crippen molar-refractivity contribution in [2.45, 2.75) is 44.6 Å². The number of carbonyl (C=O) groups is 1. The first-order valence-corrected chi connectivity index (χ1v) is 11.0. The predicted molar refractivity (Wildman–Crippen MR) is 118 cm³/mol. The molecule has 0 spiro atoms. The number of rotatable bonds is 4. The second-order valence-electron chi connectivity index (χ2n) is 8.86. The van der Waals surface area contributed by atoms with Gasteiger partial charge in [-0.15, -0.1) is 11.3 Å². The summed E-state index contributed by atoms with van der Waals surface area (Å²) < 4.78 is 5.84. The van der Waals surface area contributed by atoms with Crippen molar-refractivity contribution in [2.24, 2.45) is 0 Å². The van der Waals surface area contributed by atoms with Gasteiger partial charge in [-0.05, 0) is 42.0 Å². The summed E-state index contributed by atoms with van der Waals surface area (Å²) in [5.41, 5.74) is 3.31. The lowest BCUT2D eigenvalue weighted by Gasteiger charge is -2.30. The summed E-state index contributed by atoms with van der Waals surface area (Å²) >= 11 is 1.80. The van der Waals surface area contributed by atoms with Crippen molar-refractivity contribution in [3.05, 3.63) is 50.1 Å². The Morgan fingerprint density at radius 1 is 1.30 bits per heavy atom. The molecule has 3 N–H and O–H groups in total. The van der Waals surface area contributed by atoms with E-state index in [1.54, 1.807) is 18.4 Å². The van der Waals surface area contributed by atoms with E-state index in [2.05, 4.69) is 30.2 Å². The molecule has 1 fully saturated rings. The number of aromatic amines is 1. The fourth-order valence-corrected chi connectivity index (χ4v) is 5.88. The van der Waals surface area contributed by atoms with Crippen molar-refractivity contribution >= 4 is 28.2 Å². The summed E-state index contributed by atoms with van der Waals surface area (Å²) in [5.74, 6) is -0.237. The number of aromatic nitrogens is 1. The molecule has 1 aromatic carbocycles. The minimum Gasteiger partial charge on any atom is -0.494 e. The van der Waals surface area contributed by atoms with Crippen LogP contribution in [0.4, 0.5) is 0 Å². The first kappa shape index (κ1) is 19.3. The van der Waals surface area contributed by atoms with Crippen LogP contribution in [0.3, 0.4) is 0 Å². The molecule has 3 aromatic rings. The maximum absolute atomic E-state index is 12.9. The lowest BCUT2D eigenvalue weighted by atomic mass is 9.86. The summed E-state index contributed by atoms with van der Waals surface area (Å²) in [7, 11) is 1.61. The van der Waals surface area contributed by atoms with E-state index >= 15 is 0 Å². The normalized spacial score (nSPS) is 17.7. The Kier molecular flexibility index (Phi) is 4.31. The summed E-state index contributed by atoms with van der Waals surface area (Å²) in [5, 5.41) is 13.2. The molecule has 30 heavy (non-hydrogen) atoms. The molecule has 0 bridgehead atoms. The van der Waals surface area contributed by atoms with Gasteiger partial charge >= 0.3 is 5.97 Å². The largest absolute Gasteiger partial charge is 0.494 e. The second-order valence-corrected chi connectivity index (χ2v) is 9.91. The number of H-pyrrole nitrogens is 1. The molecule has 7 heteroatoms. The van der Waals surface area contributed by atoms with Crippen molar-refractivity contribution in [3.8, 4) is 16.2 Å². The Hall–Kier alpha value is -2.64. The van der Waals surface area contributed by atoms with E-state index in [0.29, 0.717) is 22.6 Å². The Morgan fingerprint density at radius 3 is 2.70 bits per heavy atom. The molecule has 1 aliphatic heterocycles. The molecular weight excluding hydrogens is 400 g/mol. The van der Waals surface area contributed by atoms with Crippen LogP contribution in [0, 0.1) is 0 Å². The highest BCUT2D eigenvalue weighted by Gasteiger charge is 2.34. The van der Waals surface area contributed by atoms with Crippen LogP contribution < -0.4 is 15.5 Å². The van der Waals surface area contributed by atoms with Gasteiger partial charge in [0.15, 0.2) is 5.75 Å². The third kappa shape index (κ3) is 2.87. The van der Waals surface area contributed by atoms with E-state index in [1.807, 2.05) is 6.07 Å². The van der Waals surface area contributed by atoms with Crippen LogP contribution in [0.1, 0.15) is 59.0 Å². The molecule has 1 saturated carbocycles. The lowest BCUT2D eigenvalue weighted by Crippen LogP contribution is -2.37. The van der Waals surface area contributed by atoms with Crippen LogP contribution in [0.2, 0.25) is 0 Å². The number of pyridine rings is 1. The van der Waals surface area contributed by atoms with Gasteiger partial charge in [0, 0.05) is 40.0 Å². The molecule has 0 saturated heterocycles. The average molecular weight is 425 g/mol. The highest BCUT2D eigenvalue weighted by atomic mass is 32.1. The molecule has 3 heterocycles. The summed E-state index contributed by atoms with van der Waals surface area (Å²) in [6.07, 6.45) is 3.40. The predicted octanol–water partition coefficient (Wildman–Crippen LogP) is 4.22. The number of nitrogens with one attached hydrogen (secondary N) is 2. The number of carboxylic acids is 1. The Bertz CT molecular complexity index is 1250. The lowest BCUT2D eigenvalue weighted by molar-refractivity contribution is 0.0695. The van der Waals surface area contributed by atoms with Crippen molar-refractivity contribution in [1.29, 1.82) is 0 Å². The molecule has 6 nitrogen and oxygen atoms in total. The highest BCUT2D eigenvalue weighted by molar-refractivity contribution is 7.16. The van der Waals surface area contributed by atoms with Gasteiger partial charge in [-0.25, -0.2) is 4.79 Å². The van der Waals surface area contributed by atoms with Gasteiger partial charge in [0.1, 0.15) is 5.56 Å².